The monoisotopic (exact) mass is 315 g/mol. The lowest BCUT2D eigenvalue weighted by Gasteiger charge is -2.33. The molecule has 0 spiro atoms. The van der Waals surface area contributed by atoms with Crippen molar-refractivity contribution < 1.29 is 9.59 Å². The lowest BCUT2D eigenvalue weighted by Crippen LogP contribution is -2.51. The lowest BCUT2D eigenvalue weighted by atomic mass is 9.96. The van der Waals surface area contributed by atoms with Crippen LogP contribution in [-0.2, 0) is 22.6 Å². The summed E-state index contributed by atoms with van der Waals surface area (Å²) >= 11 is 0. The first-order valence-electron chi connectivity index (χ1n) is 8.10. The van der Waals surface area contributed by atoms with Crippen LogP contribution in [0, 0.1) is 0 Å². The smallest absolute Gasteiger partial charge is 0.242 e. The minimum atomic E-state index is -0.427. The molecule has 0 saturated heterocycles. The maximum Gasteiger partial charge on any atom is 0.242 e. The van der Waals surface area contributed by atoms with Crippen molar-refractivity contribution in [2.45, 2.75) is 46.2 Å². The van der Waals surface area contributed by atoms with Gasteiger partial charge in [-0.2, -0.15) is 0 Å². The van der Waals surface area contributed by atoms with Crippen LogP contribution >= 0.6 is 0 Å². The second-order valence-electron chi connectivity index (χ2n) is 5.82. The van der Waals surface area contributed by atoms with Crippen LogP contribution in [0.25, 0.3) is 10.9 Å². The van der Waals surface area contributed by atoms with Crippen LogP contribution in [0.3, 0.4) is 0 Å². The summed E-state index contributed by atoms with van der Waals surface area (Å²) in [4.78, 5) is 28.8. The van der Waals surface area contributed by atoms with Gasteiger partial charge in [0.05, 0.1) is 6.54 Å². The molecule has 1 aromatic carbocycles. The summed E-state index contributed by atoms with van der Waals surface area (Å²) < 4.78 is 0. The van der Waals surface area contributed by atoms with Gasteiger partial charge in [-0.3, -0.25) is 9.59 Å². The Bertz CT molecular complexity index is 705. The van der Waals surface area contributed by atoms with Crippen molar-refractivity contribution in [3.63, 3.8) is 0 Å². The van der Waals surface area contributed by atoms with E-state index < -0.39 is 6.04 Å². The van der Waals surface area contributed by atoms with E-state index >= 15 is 0 Å². The molecule has 1 aliphatic heterocycles. The predicted molar refractivity (Wildman–Crippen MR) is 92.0 cm³/mol. The van der Waals surface area contributed by atoms with Gasteiger partial charge in [-0.25, -0.2) is 0 Å². The van der Waals surface area contributed by atoms with E-state index in [0.717, 1.165) is 22.2 Å². The minimum Gasteiger partial charge on any atom is -0.357 e. The van der Waals surface area contributed by atoms with E-state index in [-0.39, 0.29) is 11.8 Å². The molecule has 0 radical (unpaired) electrons. The van der Waals surface area contributed by atoms with Gasteiger partial charge in [0.2, 0.25) is 11.8 Å². The Kier molecular flexibility index (Phi) is 5.42. The van der Waals surface area contributed by atoms with E-state index in [9.17, 15) is 9.59 Å². The van der Waals surface area contributed by atoms with Crippen molar-refractivity contribution in [1.82, 2.24) is 15.2 Å². The molecule has 2 heterocycles. The summed E-state index contributed by atoms with van der Waals surface area (Å²) in [5.74, 6) is -0.195. The fraction of sp³-hybridized carbons (Fsp3) is 0.444. The zero-order chi connectivity index (χ0) is 17.0. The van der Waals surface area contributed by atoms with Gasteiger partial charge in [-0.1, -0.05) is 38.5 Å². The first kappa shape index (κ1) is 17.1. The predicted octanol–water partition coefficient (Wildman–Crippen LogP) is 2.60. The summed E-state index contributed by atoms with van der Waals surface area (Å²) in [7, 11) is 1.60. The molecule has 0 fully saturated rings. The Hall–Kier alpha value is -2.30. The summed E-state index contributed by atoms with van der Waals surface area (Å²) in [6.45, 7) is 6.21. The van der Waals surface area contributed by atoms with Crippen molar-refractivity contribution >= 4 is 22.7 Å². The van der Waals surface area contributed by atoms with Gasteiger partial charge in [-0.05, 0) is 11.6 Å². The highest BCUT2D eigenvalue weighted by Gasteiger charge is 2.34. The average molecular weight is 315 g/mol. The topological polar surface area (TPSA) is 65.2 Å². The third-order valence-corrected chi connectivity index (χ3v) is 3.96. The van der Waals surface area contributed by atoms with Crippen molar-refractivity contribution in [2.24, 2.45) is 0 Å². The first-order valence-corrected chi connectivity index (χ1v) is 8.10. The van der Waals surface area contributed by atoms with Gasteiger partial charge < -0.3 is 15.2 Å². The number of H-pyrrole nitrogens is 1. The molecule has 23 heavy (non-hydrogen) atoms. The van der Waals surface area contributed by atoms with Gasteiger partial charge in [0.25, 0.3) is 0 Å². The molecule has 5 nitrogen and oxygen atoms in total. The largest absolute Gasteiger partial charge is 0.357 e. The van der Waals surface area contributed by atoms with Gasteiger partial charge in [-0.15, -0.1) is 0 Å². The van der Waals surface area contributed by atoms with E-state index in [0.29, 0.717) is 13.0 Å². The number of aromatic amines is 1. The quantitative estimate of drug-likeness (QED) is 0.849. The minimum absolute atomic E-state index is 0.0806. The van der Waals surface area contributed by atoms with Gasteiger partial charge >= 0.3 is 0 Å². The van der Waals surface area contributed by atoms with Gasteiger partial charge in [0.15, 0.2) is 0 Å². The number of para-hydroxylation sites is 1. The van der Waals surface area contributed by atoms with Crippen LogP contribution in [-0.4, -0.2) is 34.8 Å². The zero-order valence-electron chi connectivity index (χ0n) is 14.3. The molecule has 1 atom stereocenters. The molecule has 1 aliphatic rings. The number of carbonyl (C=O) groups excluding carboxylic acids is 2. The van der Waals surface area contributed by atoms with Crippen molar-refractivity contribution in [3.8, 4) is 0 Å². The number of hydrogen-bond donors (Lipinski definition) is 2. The van der Waals surface area contributed by atoms with E-state index in [1.165, 1.54) is 13.3 Å². The Morgan fingerprint density at radius 2 is 1.96 bits per heavy atom. The number of likely N-dealkylation sites (N-methyl/N-ethyl adjacent to an activating group) is 1. The molecule has 124 valence electrons. The molecular weight excluding hydrogens is 290 g/mol. The molecule has 2 aromatic rings. The number of rotatable bonds is 1. The van der Waals surface area contributed by atoms with Crippen molar-refractivity contribution in [3.05, 3.63) is 35.5 Å². The van der Waals surface area contributed by atoms with Crippen LogP contribution in [0.4, 0.5) is 0 Å². The highest BCUT2D eigenvalue weighted by Crippen LogP contribution is 2.30. The highest BCUT2D eigenvalue weighted by atomic mass is 16.2. The lowest BCUT2D eigenvalue weighted by molar-refractivity contribution is -0.140. The van der Waals surface area contributed by atoms with Crippen LogP contribution in [0.15, 0.2) is 24.3 Å². The van der Waals surface area contributed by atoms with Crippen LogP contribution < -0.4 is 5.32 Å². The summed E-state index contributed by atoms with van der Waals surface area (Å²) in [5.41, 5.74) is 3.23. The Morgan fingerprint density at radius 3 is 2.57 bits per heavy atom. The third-order valence-electron chi connectivity index (χ3n) is 3.96. The highest BCUT2D eigenvalue weighted by molar-refractivity contribution is 5.91. The molecular formula is C18H25N3O2. The van der Waals surface area contributed by atoms with E-state index in [2.05, 4.69) is 30.2 Å². The van der Waals surface area contributed by atoms with Gasteiger partial charge in [0, 0.05) is 37.0 Å². The number of carbonyl (C=O) groups is 2. The fourth-order valence-electron chi connectivity index (χ4n) is 2.94. The molecule has 0 aliphatic carbocycles. The van der Waals surface area contributed by atoms with Gasteiger partial charge in [0.1, 0.15) is 6.04 Å². The summed E-state index contributed by atoms with van der Waals surface area (Å²) in [5, 5.41) is 3.79. The molecule has 2 amide bonds. The molecule has 2 N–H and O–H groups in total. The molecule has 0 saturated carbocycles. The molecule has 3 rings (SSSR count). The molecule has 1 unspecified atom stereocenters. The van der Waals surface area contributed by atoms with E-state index in [4.69, 9.17) is 0 Å². The standard InChI is InChI=1S/C15H17N3O2.C3H8/c1-9(19)18-8-13-11(7-14(18)15(20)16-2)10-5-3-4-6-12(10)17-13;1-3-2/h3-6,14,17H,7-8H2,1-2H3,(H,16,20);3H2,1-2H3. The maximum atomic E-state index is 12.0. The Balaban J connectivity index is 0.000000595. The van der Waals surface area contributed by atoms with Crippen LogP contribution in [0.5, 0.6) is 0 Å². The second-order valence-corrected chi connectivity index (χ2v) is 5.82. The number of aromatic nitrogens is 1. The van der Waals surface area contributed by atoms with Crippen LogP contribution in [0.2, 0.25) is 0 Å². The molecule has 1 aromatic heterocycles. The summed E-state index contributed by atoms with van der Waals surface area (Å²) in [6, 6.07) is 7.60. The zero-order valence-corrected chi connectivity index (χ0v) is 14.3. The molecule has 0 bridgehead atoms. The number of fused-ring (bicyclic) bond motifs is 3. The third kappa shape index (κ3) is 3.38. The normalized spacial score (nSPS) is 16.3. The van der Waals surface area contributed by atoms with Crippen molar-refractivity contribution in [2.75, 3.05) is 7.05 Å². The Morgan fingerprint density at radius 1 is 1.30 bits per heavy atom. The fourth-order valence-corrected chi connectivity index (χ4v) is 2.94. The SMILES string of the molecule is CCC.CNC(=O)C1Cc2c([nH]c3ccccc23)CN1C(C)=O. The average Bonchev–Trinajstić information content (AvgIpc) is 2.91. The maximum absolute atomic E-state index is 12.0. The van der Waals surface area contributed by atoms with E-state index in [1.807, 2.05) is 18.2 Å². The number of hydrogen-bond acceptors (Lipinski definition) is 2. The number of nitrogens with zero attached hydrogens (tertiary/aromatic N) is 1. The summed E-state index contributed by atoms with van der Waals surface area (Å²) in [6.07, 6.45) is 1.80. The first-order chi connectivity index (χ1) is 11.0. The van der Waals surface area contributed by atoms with Crippen LogP contribution in [0.1, 0.15) is 38.4 Å². The Labute approximate surface area is 137 Å². The van der Waals surface area contributed by atoms with Crippen molar-refractivity contribution in [1.29, 1.82) is 0 Å². The van der Waals surface area contributed by atoms with E-state index in [1.54, 1.807) is 11.9 Å². The second kappa shape index (κ2) is 7.31. The number of amides is 2. The number of nitrogens with one attached hydrogen (secondary N) is 2. The molecule has 5 heteroatoms. The number of benzene rings is 1.